The van der Waals surface area contributed by atoms with Gasteiger partial charge < -0.3 is 5.73 Å². The molecule has 0 saturated heterocycles. The molecule has 3 aromatic rings. The predicted molar refractivity (Wildman–Crippen MR) is 85.2 cm³/mol. The smallest absolute Gasteiger partial charge is 0.271 e. The first-order valence-corrected chi connectivity index (χ1v) is 6.94. The molecule has 1 heterocycles. The molecule has 110 valence electrons. The average molecular weight is 292 g/mol. The van der Waals surface area contributed by atoms with Gasteiger partial charge in [-0.25, -0.2) is 0 Å². The first kappa shape index (κ1) is 14.0. The second kappa shape index (κ2) is 5.44. The Labute approximate surface area is 128 Å². The number of carbonyl (C=O) groups excluding carboxylic acids is 1. The van der Waals surface area contributed by atoms with Crippen LogP contribution in [0.25, 0.3) is 22.4 Å². The molecule has 0 aliphatic rings. The number of hydrogen-bond donors (Lipinski definition) is 2. The molecule has 3 rings (SSSR count). The highest BCUT2D eigenvalue weighted by Crippen LogP contribution is 2.27. The summed E-state index contributed by atoms with van der Waals surface area (Å²) in [5.74, 6) is -0.597. The molecular formula is C17H16N4O. The number of aromatic nitrogens is 3. The molecule has 5 nitrogen and oxygen atoms in total. The van der Waals surface area contributed by atoms with E-state index in [9.17, 15) is 4.79 Å². The fourth-order valence-electron chi connectivity index (χ4n) is 2.59. The van der Waals surface area contributed by atoms with Crippen molar-refractivity contribution in [2.75, 3.05) is 0 Å². The second-order valence-corrected chi connectivity index (χ2v) is 5.34. The number of nitrogens with two attached hydrogens (primary N) is 1. The number of rotatable bonds is 3. The van der Waals surface area contributed by atoms with Crippen LogP contribution in [-0.4, -0.2) is 21.3 Å². The van der Waals surface area contributed by atoms with Crippen molar-refractivity contribution in [1.82, 2.24) is 15.4 Å². The number of H-pyrrole nitrogens is 1. The number of aromatic amines is 1. The number of primary amides is 1. The fraction of sp³-hybridized carbons (Fsp3) is 0.118. The van der Waals surface area contributed by atoms with Crippen LogP contribution in [0.15, 0.2) is 42.5 Å². The molecular weight excluding hydrogens is 276 g/mol. The summed E-state index contributed by atoms with van der Waals surface area (Å²) in [5, 5.41) is 10.3. The van der Waals surface area contributed by atoms with Gasteiger partial charge in [-0.2, -0.15) is 15.4 Å². The number of aryl methyl sites for hydroxylation is 2. The molecule has 0 bridgehead atoms. The minimum absolute atomic E-state index is 0.151. The number of nitrogens with one attached hydrogen (secondary N) is 1. The Morgan fingerprint density at radius 1 is 0.955 bits per heavy atom. The second-order valence-electron chi connectivity index (χ2n) is 5.34. The number of amides is 1. The maximum absolute atomic E-state index is 11.4. The summed E-state index contributed by atoms with van der Waals surface area (Å²) >= 11 is 0. The molecule has 1 aromatic heterocycles. The van der Waals surface area contributed by atoms with Crippen molar-refractivity contribution < 1.29 is 4.79 Å². The molecule has 0 unspecified atom stereocenters. The molecule has 3 N–H and O–H groups in total. The lowest BCUT2D eigenvalue weighted by Gasteiger charge is -2.07. The Morgan fingerprint density at radius 3 is 2.32 bits per heavy atom. The van der Waals surface area contributed by atoms with E-state index < -0.39 is 5.91 Å². The van der Waals surface area contributed by atoms with E-state index in [2.05, 4.69) is 47.5 Å². The molecule has 0 atom stereocenters. The summed E-state index contributed by atoms with van der Waals surface area (Å²) < 4.78 is 0. The summed E-state index contributed by atoms with van der Waals surface area (Å²) in [6.45, 7) is 4.15. The van der Waals surface area contributed by atoms with E-state index >= 15 is 0 Å². The van der Waals surface area contributed by atoms with Crippen molar-refractivity contribution >= 4 is 5.91 Å². The monoisotopic (exact) mass is 292 g/mol. The van der Waals surface area contributed by atoms with Crippen molar-refractivity contribution in [2.24, 2.45) is 5.73 Å². The summed E-state index contributed by atoms with van der Waals surface area (Å²) in [7, 11) is 0. The maximum atomic E-state index is 11.4. The van der Waals surface area contributed by atoms with Crippen molar-refractivity contribution in [2.45, 2.75) is 13.8 Å². The first-order chi connectivity index (χ1) is 10.5. The normalized spacial score (nSPS) is 10.6. The van der Waals surface area contributed by atoms with Gasteiger partial charge >= 0.3 is 0 Å². The van der Waals surface area contributed by atoms with E-state index in [0.29, 0.717) is 5.69 Å². The summed E-state index contributed by atoms with van der Waals surface area (Å²) in [6.07, 6.45) is 0. The summed E-state index contributed by atoms with van der Waals surface area (Å²) in [5.41, 5.74) is 11.4. The highest BCUT2D eigenvalue weighted by Gasteiger charge is 2.15. The highest BCUT2D eigenvalue weighted by atomic mass is 16.1. The molecule has 0 fully saturated rings. The molecule has 0 radical (unpaired) electrons. The molecule has 1 amide bonds. The van der Waals surface area contributed by atoms with Crippen LogP contribution in [0.4, 0.5) is 0 Å². The fourth-order valence-corrected chi connectivity index (χ4v) is 2.59. The van der Waals surface area contributed by atoms with Crippen molar-refractivity contribution in [3.63, 3.8) is 0 Å². The topological polar surface area (TPSA) is 84.7 Å². The Morgan fingerprint density at radius 2 is 1.64 bits per heavy atom. The van der Waals surface area contributed by atoms with Crippen LogP contribution < -0.4 is 5.73 Å². The van der Waals surface area contributed by atoms with Gasteiger partial charge in [-0.05, 0) is 31.0 Å². The van der Waals surface area contributed by atoms with E-state index in [4.69, 9.17) is 5.73 Å². The van der Waals surface area contributed by atoms with Gasteiger partial charge in [-0.15, -0.1) is 0 Å². The van der Waals surface area contributed by atoms with Gasteiger partial charge in [-0.3, -0.25) is 4.79 Å². The van der Waals surface area contributed by atoms with Crippen LogP contribution in [0.1, 0.15) is 21.6 Å². The lowest BCUT2D eigenvalue weighted by Crippen LogP contribution is -2.12. The lowest BCUT2D eigenvalue weighted by molar-refractivity contribution is 0.0996. The number of benzene rings is 2. The zero-order valence-electron chi connectivity index (χ0n) is 12.4. The van der Waals surface area contributed by atoms with Gasteiger partial charge in [0.2, 0.25) is 0 Å². The number of nitrogens with zero attached hydrogens (tertiary/aromatic N) is 2. The summed E-state index contributed by atoms with van der Waals surface area (Å²) in [6, 6.07) is 14.2. The number of carbonyl (C=O) groups is 1. The van der Waals surface area contributed by atoms with E-state index in [1.54, 1.807) is 0 Å². The molecule has 0 spiro atoms. The maximum Gasteiger partial charge on any atom is 0.271 e. The molecule has 22 heavy (non-hydrogen) atoms. The van der Waals surface area contributed by atoms with E-state index in [1.165, 1.54) is 11.1 Å². The van der Waals surface area contributed by atoms with Gasteiger partial charge in [0.05, 0.1) is 0 Å². The van der Waals surface area contributed by atoms with Crippen LogP contribution in [0.3, 0.4) is 0 Å². The third kappa shape index (κ3) is 2.61. The zero-order chi connectivity index (χ0) is 15.7. The highest BCUT2D eigenvalue weighted by molar-refractivity contribution is 5.96. The predicted octanol–water partition coefficient (Wildman–Crippen LogP) is 2.85. The quantitative estimate of drug-likeness (QED) is 0.778. The third-order valence-corrected chi connectivity index (χ3v) is 3.47. The zero-order valence-corrected chi connectivity index (χ0v) is 12.4. The van der Waals surface area contributed by atoms with Crippen molar-refractivity contribution in [1.29, 1.82) is 0 Å². The Hall–Kier alpha value is -2.95. The minimum Gasteiger partial charge on any atom is -0.364 e. The standard InChI is InChI=1S/C17H16N4O/c1-10-6-11(2)8-14(7-10)12-4-3-5-13(9-12)15-16(17(18)22)20-21-19-15/h3-9H,1-2H3,(H2,18,22)(H,19,20,21). The van der Waals surface area contributed by atoms with Gasteiger partial charge in [-0.1, -0.05) is 47.5 Å². The van der Waals surface area contributed by atoms with Gasteiger partial charge in [0.15, 0.2) is 5.69 Å². The Balaban J connectivity index is 2.10. The first-order valence-electron chi connectivity index (χ1n) is 6.94. The average Bonchev–Trinajstić information content (AvgIpc) is 2.96. The van der Waals surface area contributed by atoms with Gasteiger partial charge in [0, 0.05) is 5.56 Å². The van der Waals surface area contributed by atoms with Gasteiger partial charge in [0.1, 0.15) is 5.69 Å². The van der Waals surface area contributed by atoms with Crippen LogP contribution in [0.2, 0.25) is 0 Å². The van der Waals surface area contributed by atoms with Crippen LogP contribution in [-0.2, 0) is 0 Å². The van der Waals surface area contributed by atoms with Crippen LogP contribution >= 0.6 is 0 Å². The van der Waals surface area contributed by atoms with E-state index in [1.807, 2.05) is 24.3 Å². The molecule has 0 aliphatic carbocycles. The third-order valence-electron chi connectivity index (χ3n) is 3.47. The van der Waals surface area contributed by atoms with Gasteiger partial charge in [0.25, 0.3) is 5.91 Å². The van der Waals surface area contributed by atoms with Crippen LogP contribution in [0, 0.1) is 13.8 Å². The summed E-state index contributed by atoms with van der Waals surface area (Å²) in [4.78, 5) is 11.4. The lowest BCUT2D eigenvalue weighted by atomic mass is 9.98. The van der Waals surface area contributed by atoms with Crippen LogP contribution in [0.5, 0.6) is 0 Å². The SMILES string of the molecule is Cc1cc(C)cc(-c2cccc(-c3n[nH]nc3C(N)=O)c2)c1. The Kier molecular flexibility index (Phi) is 3.47. The van der Waals surface area contributed by atoms with E-state index in [0.717, 1.165) is 16.7 Å². The van der Waals surface area contributed by atoms with Crippen molar-refractivity contribution in [3.8, 4) is 22.4 Å². The van der Waals surface area contributed by atoms with E-state index in [-0.39, 0.29) is 5.69 Å². The largest absolute Gasteiger partial charge is 0.364 e. The molecule has 5 heteroatoms. The molecule has 0 saturated carbocycles. The number of hydrogen-bond acceptors (Lipinski definition) is 3. The van der Waals surface area contributed by atoms with Crippen molar-refractivity contribution in [3.05, 3.63) is 59.3 Å². The molecule has 0 aliphatic heterocycles. The minimum atomic E-state index is -0.597. The molecule has 2 aromatic carbocycles. The Bertz CT molecular complexity index is 831.